The van der Waals surface area contributed by atoms with Crippen molar-refractivity contribution in [1.82, 2.24) is 24.3 Å². The molecule has 8 heteroatoms. The number of nitrogens with zero attached hydrogens (tertiary/aromatic N) is 4. The Morgan fingerprint density at radius 3 is 2.55 bits per heavy atom. The SMILES string of the molecule is O=C(Cn1ccc(=O)cc1)N1CCC2(CC1)c1nc[nH]c1CCN2C(=O)C1CC1. The summed E-state index contributed by atoms with van der Waals surface area (Å²) in [4.78, 5) is 48.8. The van der Waals surface area contributed by atoms with Crippen molar-refractivity contribution >= 4 is 11.8 Å². The van der Waals surface area contributed by atoms with E-state index in [0.717, 1.165) is 37.2 Å². The number of hydrogen-bond donors (Lipinski definition) is 1. The molecule has 1 saturated carbocycles. The van der Waals surface area contributed by atoms with Crippen molar-refractivity contribution in [2.45, 2.75) is 44.2 Å². The molecule has 0 radical (unpaired) electrons. The van der Waals surface area contributed by atoms with Crippen LogP contribution in [0.4, 0.5) is 0 Å². The van der Waals surface area contributed by atoms with Crippen molar-refractivity contribution in [3.8, 4) is 0 Å². The molecule has 2 aromatic rings. The molecule has 0 atom stereocenters. The first-order valence-electron chi connectivity index (χ1n) is 10.3. The molecule has 152 valence electrons. The molecule has 0 unspecified atom stereocenters. The maximum atomic E-state index is 13.0. The largest absolute Gasteiger partial charge is 0.348 e. The van der Waals surface area contributed by atoms with Crippen LogP contribution < -0.4 is 5.43 Å². The highest BCUT2D eigenvalue weighted by Gasteiger charge is 2.51. The van der Waals surface area contributed by atoms with E-state index in [0.29, 0.717) is 25.9 Å². The monoisotopic (exact) mass is 395 g/mol. The molecule has 2 fully saturated rings. The second kappa shape index (κ2) is 6.86. The van der Waals surface area contributed by atoms with Gasteiger partial charge in [0.25, 0.3) is 0 Å². The fourth-order valence-electron chi connectivity index (χ4n) is 4.79. The summed E-state index contributed by atoms with van der Waals surface area (Å²) in [5, 5.41) is 0. The van der Waals surface area contributed by atoms with Gasteiger partial charge in [-0.25, -0.2) is 4.98 Å². The van der Waals surface area contributed by atoms with Gasteiger partial charge < -0.3 is 19.4 Å². The van der Waals surface area contributed by atoms with Crippen molar-refractivity contribution in [2.75, 3.05) is 19.6 Å². The summed E-state index contributed by atoms with van der Waals surface area (Å²) in [7, 11) is 0. The van der Waals surface area contributed by atoms with Crippen molar-refractivity contribution in [2.24, 2.45) is 5.92 Å². The van der Waals surface area contributed by atoms with E-state index in [1.54, 1.807) is 23.3 Å². The molecule has 4 heterocycles. The second-order valence-corrected chi connectivity index (χ2v) is 8.36. The summed E-state index contributed by atoms with van der Waals surface area (Å²) in [6.45, 7) is 2.13. The van der Waals surface area contributed by atoms with Crippen LogP contribution in [0.15, 0.2) is 35.6 Å². The third kappa shape index (κ3) is 3.16. The molecule has 2 aliphatic heterocycles. The number of rotatable bonds is 3. The number of nitrogens with one attached hydrogen (secondary N) is 1. The average molecular weight is 395 g/mol. The van der Waals surface area contributed by atoms with Crippen LogP contribution >= 0.6 is 0 Å². The third-order valence-electron chi connectivity index (χ3n) is 6.58. The van der Waals surface area contributed by atoms with Crippen molar-refractivity contribution in [3.63, 3.8) is 0 Å². The summed E-state index contributed by atoms with van der Waals surface area (Å²) >= 11 is 0. The molecular weight excluding hydrogens is 370 g/mol. The lowest BCUT2D eigenvalue weighted by molar-refractivity contribution is -0.145. The summed E-state index contributed by atoms with van der Waals surface area (Å²) in [5.74, 6) is 0.459. The van der Waals surface area contributed by atoms with E-state index in [-0.39, 0.29) is 29.7 Å². The Morgan fingerprint density at radius 2 is 1.86 bits per heavy atom. The number of carbonyl (C=O) groups excluding carboxylic acids is 2. The number of pyridine rings is 1. The van der Waals surface area contributed by atoms with Gasteiger partial charge in [0.2, 0.25) is 11.8 Å². The number of piperidine rings is 1. The number of amides is 2. The topological polar surface area (TPSA) is 91.3 Å². The molecule has 5 rings (SSSR count). The average Bonchev–Trinajstić information content (AvgIpc) is 3.47. The lowest BCUT2D eigenvalue weighted by Gasteiger charge is -2.50. The van der Waals surface area contributed by atoms with E-state index in [2.05, 4.69) is 14.9 Å². The molecular formula is C21H25N5O3. The Kier molecular flexibility index (Phi) is 4.29. The highest BCUT2D eigenvalue weighted by molar-refractivity contribution is 5.82. The van der Waals surface area contributed by atoms with Crippen LogP contribution in [0.2, 0.25) is 0 Å². The van der Waals surface area contributed by atoms with Crippen LogP contribution in [-0.2, 0) is 28.1 Å². The summed E-state index contributed by atoms with van der Waals surface area (Å²) in [6.07, 6.45) is 9.21. The summed E-state index contributed by atoms with van der Waals surface area (Å²) in [6, 6.07) is 2.92. The quantitative estimate of drug-likeness (QED) is 0.835. The van der Waals surface area contributed by atoms with Crippen LogP contribution in [0.1, 0.15) is 37.1 Å². The fraction of sp³-hybridized carbons (Fsp3) is 0.524. The Bertz CT molecular complexity index is 977. The Hall–Kier alpha value is -2.90. The molecule has 3 aliphatic rings. The molecule has 8 nitrogen and oxygen atoms in total. The van der Waals surface area contributed by atoms with Gasteiger partial charge >= 0.3 is 0 Å². The first-order valence-corrected chi connectivity index (χ1v) is 10.3. The molecule has 1 spiro atoms. The zero-order valence-electron chi connectivity index (χ0n) is 16.3. The van der Waals surface area contributed by atoms with Crippen molar-refractivity contribution in [1.29, 1.82) is 0 Å². The summed E-state index contributed by atoms with van der Waals surface area (Å²) < 4.78 is 1.73. The Labute approximate surface area is 168 Å². The highest BCUT2D eigenvalue weighted by atomic mass is 16.2. The minimum absolute atomic E-state index is 0.0293. The minimum Gasteiger partial charge on any atom is -0.348 e. The van der Waals surface area contributed by atoms with Gasteiger partial charge in [-0.1, -0.05) is 0 Å². The van der Waals surface area contributed by atoms with Crippen molar-refractivity contribution < 1.29 is 9.59 Å². The van der Waals surface area contributed by atoms with Crippen LogP contribution in [-0.4, -0.2) is 55.8 Å². The standard InChI is InChI=1S/C21H25N5O3/c27-16-3-8-24(9-4-16)13-18(28)25-11-6-21(7-12-25)19-17(22-14-23-19)5-10-26(21)20(29)15-1-2-15/h3-4,8-9,14-15H,1-2,5-7,10-13H2,(H,22,23). The highest BCUT2D eigenvalue weighted by Crippen LogP contribution is 2.45. The molecule has 1 N–H and O–H groups in total. The van der Waals surface area contributed by atoms with Crippen LogP contribution in [0.25, 0.3) is 0 Å². The molecule has 2 amide bonds. The van der Waals surface area contributed by atoms with Gasteiger partial charge in [-0.2, -0.15) is 0 Å². The molecule has 0 aromatic carbocycles. The van der Waals surface area contributed by atoms with E-state index in [9.17, 15) is 14.4 Å². The summed E-state index contributed by atoms with van der Waals surface area (Å²) in [5.41, 5.74) is 1.64. The predicted octanol–water partition coefficient (Wildman–Crippen LogP) is 0.884. The van der Waals surface area contributed by atoms with E-state index in [4.69, 9.17) is 0 Å². The molecule has 1 saturated heterocycles. The number of H-pyrrole nitrogens is 1. The maximum Gasteiger partial charge on any atom is 0.242 e. The number of likely N-dealkylation sites (tertiary alicyclic amines) is 1. The van der Waals surface area contributed by atoms with E-state index < -0.39 is 5.54 Å². The van der Waals surface area contributed by atoms with Gasteiger partial charge in [0, 0.05) is 62.2 Å². The Balaban J connectivity index is 1.34. The molecule has 29 heavy (non-hydrogen) atoms. The minimum atomic E-state index is -0.401. The fourth-order valence-corrected chi connectivity index (χ4v) is 4.79. The van der Waals surface area contributed by atoms with Crippen LogP contribution in [0.3, 0.4) is 0 Å². The van der Waals surface area contributed by atoms with E-state index >= 15 is 0 Å². The van der Waals surface area contributed by atoms with Crippen LogP contribution in [0, 0.1) is 5.92 Å². The normalized spacial score (nSPS) is 20.6. The van der Waals surface area contributed by atoms with Gasteiger partial charge in [0.1, 0.15) is 6.54 Å². The number of aromatic nitrogens is 3. The lowest BCUT2D eigenvalue weighted by Crippen LogP contribution is -2.59. The van der Waals surface area contributed by atoms with Gasteiger partial charge in [-0.15, -0.1) is 0 Å². The molecule has 1 aliphatic carbocycles. The van der Waals surface area contributed by atoms with Gasteiger partial charge in [-0.05, 0) is 25.7 Å². The third-order valence-corrected chi connectivity index (χ3v) is 6.58. The smallest absolute Gasteiger partial charge is 0.242 e. The molecule has 2 aromatic heterocycles. The van der Waals surface area contributed by atoms with Crippen molar-refractivity contribution in [3.05, 3.63) is 52.5 Å². The number of hydrogen-bond acceptors (Lipinski definition) is 4. The lowest BCUT2D eigenvalue weighted by atomic mass is 9.78. The molecule has 0 bridgehead atoms. The predicted molar refractivity (Wildman–Crippen MR) is 105 cm³/mol. The zero-order chi connectivity index (χ0) is 20.0. The second-order valence-electron chi connectivity index (χ2n) is 8.36. The van der Waals surface area contributed by atoms with Gasteiger partial charge in [0.15, 0.2) is 5.43 Å². The number of aromatic amines is 1. The van der Waals surface area contributed by atoms with Crippen LogP contribution in [0.5, 0.6) is 0 Å². The Morgan fingerprint density at radius 1 is 1.14 bits per heavy atom. The first-order chi connectivity index (χ1) is 14.1. The maximum absolute atomic E-state index is 13.0. The van der Waals surface area contributed by atoms with Gasteiger partial charge in [-0.3, -0.25) is 14.4 Å². The first kappa shape index (κ1) is 18.1. The van der Waals surface area contributed by atoms with E-state index in [1.807, 2.05) is 4.90 Å². The number of fused-ring (bicyclic) bond motifs is 2. The number of imidazole rings is 1. The zero-order valence-corrected chi connectivity index (χ0v) is 16.3. The van der Waals surface area contributed by atoms with E-state index in [1.165, 1.54) is 12.1 Å². The number of carbonyl (C=O) groups is 2. The van der Waals surface area contributed by atoms with Gasteiger partial charge in [0.05, 0.1) is 17.6 Å².